The molecule has 0 aliphatic heterocycles. The number of anilines is 1. The molecule has 2 aromatic carbocycles. The van der Waals surface area contributed by atoms with Crippen LogP contribution in [0, 0.1) is 11.6 Å². The number of rotatable bonds is 6. The van der Waals surface area contributed by atoms with Gasteiger partial charge >= 0.3 is 6.03 Å². The first-order valence-electron chi connectivity index (χ1n) is 7.27. The molecule has 0 aliphatic rings. The molecule has 8 heteroatoms. The maximum absolute atomic E-state index is 13.1. The van der Waals surface area contributed by atoms with Crippen LogP contribution >= 0.6 is 0 Å². The Bertz CT molecular complexity index is 748. The van der Waals surface area contributed by atoms with Crippen LogP contribution in [-0.2, 0) is 6.54 Å². The number of nitrogens with one attached hydrogen (secondary N) is 2. The van der Waals surface area contributed by atoms with Crippen molar-refractivity contribution in [2.75, 3.05) is 26.6 Å². The molecule has 2 amide bonds. The van der Waals surface area contributed by atoms with Gasteiger partial charge < -0.3 is 24.8 Å². The van der Waals surface area contributed by atoms with Gasteiger partial charge in [-0.15, -0.1) is 0 Å². The van der Waals surface area contributed by atoms with Crippen LogP contribution in [0.3, 0.4) is 0 Å². The summed E-state index contributed by atoms with van der Waals surface area (Å²) in [6, 6.07) is 5.51. The zero-order valence-electron chi connectivity index (χ0n) is 14.0. The molecule has 134 valence electrons. The number of carbonyl (C=O) groups excluding carboxylic acids is 1. The number of hydrogen-bond acceptors (Lipinski definition) is 4. The average Bonchev–Trinajstić information content (AvgIpc) is 2.57. The average molecular weight is 352 g/mol. The third-order valence-electron chi connectivity index (χ3n) is 3.35. The van der Waals surface area contributed by atoms with E-state index in [1.807, 2.05) is 0 Å². The van der Waals surface area contributed by atoms with Gasteiger partial charge in [0.15, 0.2) is 11.5 Å². The lowest BCUT2D eigenvalue weighted by Gasteiger charge is -2.16. The van der Waals surface area contributed by atoms with Crippen LogP contribution in [0.1, 0.15) is 5.56 Å². The van der Waals surface area contributed by atoms with Crippen molar-refractivity contribution in [3.05, 3.63) is 47.5 Å². The fraction of sp³-hybridized carbons (Fsp3) is 0.235. The van der Waals surface area contributed by atoms with E-state index in [0.717, 1.165) is 18.2 Å². The number of ether oxygens (including phenoxy) is 3. The highest BCUT2D eigenvalue weighted by molar-refractivity contribution is 5.89. The Morgan fingerprint density at radius 2 is 1.60 bits per heavy atom. The van der Waals surface area contributed by atoms with E-state index < -0.39 is 17.7 Å². The van der Waals surface area contributed by atoms with E-state index in [-0.39, 0.29) is 12.2 Å². The molecular weight excluding hydrogens is 334 g/mol. The number of methoxy groups -OCH3 is 3. The highest BCUT2D eigenvalue weighted by Crippen LogP contribution is 2.39. The summed E-state index contributed by atoms with van der Waals surface area (Å²) in [5.74, 6) is -0.257. The van der Waals surface area contributed by atoms with Crippen molar-refractivity contribution in [1.82, 2.24) is 5.32 Å². The van der Waals surface area contributed by atoms with E-state index in [9.17, 15) is 13.6 Å². The molecule has 0 bridgehead atoms. The Hall–Kier alpha value is -3.03. The summed E-state index contributed by atoms with van der Waals surface area (Å²) in [7, 11) is 4.44. The molecule has 25 heavy (non-hydrogen) atoms. The number of carbonyl (C=O) groups is 1. The van der Waals surface area contributed by atoms with Gasteiger partial charge in [0, 0.05) is 23.9 Å². The van der Waals surface area contributed by atoms with Gasteiger partial charge in [0.1, 0.15) is 11.6 Å². The molecule has 2 aromatic rings. The zero-order chi connectivity index (χ0) is 18.4. The fourth-order valence-electron chi connectivity index (χ4n) is 2.28. The molecular formula is C17H18F2N2O4. The highest BCUT2D eigenvalue weighted by Gasteiger charge is 2.16. The molecule has 0 atom stereocenters. The van der Waals surface area contributed by atoms with E-state index in [1.165, 1.54) is 21.3 Å². The van der Waals surface area contributed by atoms with Gasteiger partial charge in [0.05, 0.1) is 21.3 Å². The van der Waals surface area contributed by atoms with Crippen LogP contribution in [0.25, 0.3) is 0 Å². The molecule has 0 fully saturated rings. The van der Waals surface area contributed by atoms with Gasteiger partial charge in [-0.05, 0) is 24.3 Å². The van der Waals surface area contributed by atoms with E-state index in [4.69, 9.17) is 14.2 Å². The second-order valence-corrected chi connectivity index (χ2v) is 4.96. The third-order valence-corrected chi connectivity index (χ3v) is 3.35. The Balaban J connectivity index is 2.09. The molecule has 0 aliphatic carbocycles. The lowest BCUT2D eigenvalue weighted by molar-refractivity contribution is 0.251. The topological polar surface area (TPSA) is 68.8 Å². The molecule has 0 saturated carbocycles. The SMILES string of the molecule is COc1ccc(CNC(=O)Nc2cc(F)cc(F)c2)c(OC)c1OC. The maximum Gasteiger partial charge on any atom is 0.319 e. The summed E-state index contributed by atoms with van der Waals surface area (Å²) in [6.07, 6.45) is 0. The van der Waals surface area contributed by atoms with Gasteiger partial charge in [-0.3, -0.25) is 0 Å². The van der Waals surface area contributed by atoms with Crippen LogP contribution < -0.4 is 24.8 Å². The number of halogens is 2. The van der Waals surface area contributed by atoms with Crippen molar-refractivity contribution < 1.29 is 27.8 Å². The Morgan fingerprint density at radius 3 is 2.16 bits per heavy atom. The van der Waals surface area contributed by atoms with Gasteiger partial charge in [0.2, 0.25) is 5.75 Å². The third kappa shape index (κ3) is 4.50. The van der Waals surface area contributed by atoms with Crippen LogP contribution in [0.15, 0.2) is 30.3 Å². The van der Waals surface area contributed by atoms with Crippen molar-refractivity contribution >= 4 is 11.7 Å². The van der Waals surface area contributed by atoms with Crippen LogP contribution in [0.4, 0.5) is 19.3 Å². The lowest BCUT2D eigenvalue weighted by atomic mass is 10.1. The van der Waals surface area contributed by atoms with E-state index >= 15 is 0 Å². The van der Waals surface area contributed by atoms with Crippen LogP contribution in [-0.4, -0.2) is 27.4 Å². The van der Waals surface area contributed by atoms with Crippen molar-refractivity contribution in [3.63, 3.8) is 0 Å². The maximum atomic E-state index is 13.1. The van der Waals surface area contributed by atoms with E-state index in [0.29, 0.717) is 22.8 Å². The summed E-state index contributed by atoms with van der Waals surface area (Å²) in [6.45, 7) is 0.104. The van der Waals surface area contributed by atoms with Crippen molar-refractivity contribution in [2.24, 2.45) is 0 Å². The Kier molecular flexibility index (Phi) is 5.99. The van der Waals surface area contributed by atoms with Crippen LogP contribution in [0.5, 0.6) is 17.2 Å². The molecule has 0 spiro atoms. The normalized spacial score (nSPS) is 10.1. The van der Waals surface area contributed by atoms with Crippen molar-refractivity contribution in [1.29, 1.82) is 0 Å². The van der Waals surface area contributed by atoms with Crippen molar-refractivity contribution in [2.45, 2.75) is 6.54 Å². The standard InChI is InChI=1S/C17H18F2N2O4/c1-23-14-5-4-10(15(24-2)16(14)25-3)9-20-17(22)21-13-7-11(18)6-12(19)8-13/h4-8H,9H2,1-3H3,(H2,20,21,22). The second kappa shape index (κ2) is 8.18. The first-order valence-corrected chi connectivity index (χ1v) is 7.27. The number of hydrogen-bond donors (Lipinski definition) is 2. The predicted octanol–water partition coefficient (Wildman–Crippen LogP) is 3.31. The first kappa shape index (κ1) is 18.3. The summed E-state index contributed by atoms with van der Waals surface area (Å²) in [5, 5.41) is 4.93. The molecule has 0 heterocycles. The lowest BCUT2D eigenvalue weighted by Crippen LogP contribution is -2.28. The predicted molar refractivity (Wildman–Crippen MR) is 88.3 cm³/mol. The summed E-state index contributed by atoms with van der Waals surface area (Å²) in [5.41, 5.74) is 0.648. The smallest absolute Gasteiger partial charge is 0.319 e. The molecule has 0 aromatic heterocycles. The summed E-state index contributed by atoms with van der Waals surface area (Å²) in [4.78, 5) is 11.9. The molecule has 0 unspecified atom stereocenters. The largest absolute Gasteiger partial charge is 0.493 e. The molecule has 2 rings (SSSR count). The molecule has 6 nitrogen and oxygen atoms in total. The quantitative estimate of drug-likeness (QED) is 0.837. The summed E-state index contributed by atoms with van der Waals surface area (Å²) < 4.78 is 42.0. The first-order chi connectivity index (χ1) is 12.0. The highest BCUT2D eigenvalue weighted by atomic mass is 19.1. The number of urea groups is 1. The van der Waals surface area contributed by atoms with Gasteiger partial charge in [0.25, 0.3) is 0 Å². The number of amides is 2. The minimum atomic E-state index is -0.781. The minimum absolute atomic E-state index is 0.00859. The molecule has 2 N–H and O–H groups in total. The molecule has 0 radical (unpaired) electrons. The van der Waals surface area contributed by atoms with E-state index in [1.54, 1.807) is 12.1 Å². The minimum Gasteiger partial charge on any atom is -0.493 e. The van der Waals surface area contributed by atoms with Gasteiger partial charge in [-0.25, -0.2) is 13.6 Å². The number of benzene rings is 2. The monoisotopic (exact) mass is 352 g/mol. The van der Waals surface area contributed by atoms with E-state index in [2.05, 4.69) is 10.6 Å². The fourth-order valence-corrected chi connectivity index (χ4v) is 2.28. The van der Waals surface area contributed by atoms with Gasteiger partial charge in [-0.1, -0.05) is 0 Å². The van der Waals surface area contributed by atoms with Gasteiger partial charge in [-0.2, -0.15) is 0 Å². The Morgan fingerprint density at radius 1 is 0.960 bits per heavy atom. The van der Waals surface area contributed by atoms with Crippen LogP contribution in [0.2, 0.25) is 0 Å². The second-order valence-electron chi connectivity index (χ2n) is 4.96. The summed E-state index contributed by atoms with van der Waals surface area (Å²) >= 11 is 0. The Labute approximate surface area is 143 Å². The zero-order valence-corrected chi connectivity index (χ0v) is 14.0. The molecule has 0 saturated heterocycles. The van der Waals surface area contributed by atoms with Crippen molar-refractivity contribution in [3.8, 4) is 17.2 Å².